The number of aryl methyl sites for hydroxylation is 1. The van der Waals surface area contributed by atoms with Gasteiger partial charge in [-0.05, 0) is 21.0 Å². The Balaban J connectivity index is 1.62. The first kappa shape index (κ1) is 31.2. The minimum absolute atomic E-state index is 0.153. The molecule has 0 amide bonds. The highest BCUT2D eigenvalue weighted by molar-refractivity contribution is 7.61. The number of rotatable bonds is 10. The summed E-state index contributed by atoms with van der Waals surface area (Å²) in [7, 11) is -7.89. The van der Waals surface area contributed by atoms with Crippen molar-refractivity contribution in [2.45, 2.75) is 62.4 Å². The number of nitrogens with zero attached hydrogens (tertiary/aromatic N) is 2. The molecular formula is C18H31N3O15P2. The lowest BCUT2D eigenvalue weighted by Gasteiger charge is -2.44. The largest absolute Gasteiger partial charge is 0.483 e. The van der Waals surface area contributed by atoms with Crippen LogP contribution < -0.4 is 11.2 Å². The minimum atomic E-state index is -5.47. The van der Waals surface area contributed by atoms with Gasteiger partial charge >= 0.3 is 21.3 Å². The number of aliphatic hydroxyl groups excluding tert-OH is 4. The Morgan fingerprint density at radius 1 is 1.11 bits per heavy atom. The quantitative estimate of drug-likeness (QED) is 0.135. The number of H-pyrrole nitrogens is 1. The molecule has 2 aliphatic heterocycles. The standard InChI is InChI=1S/C18H31N3O15P2/c1-8-5-21(18(27)19-16(8)26)12-4-9(23)11(33-12)7-32-37(28,29)36-38(30,31)35-17-15(25)13(20(2)3)14(24)10(6-22)34-17/h5,9-15,17,22-25H,4,6-7H2,1-3H3,(H,28,29)(H,30,31)(H,19,26,27)/t9-,10?,11-,12-,13+,14-,15?,17-/m1/s1. The maximum absolute atomic E-state index is 12.4. The monoisotopic (exact) mass is 591 g/mol. The Morgan fingerprint density at radius 3 is 2.37 bits per heavy atom. The van der Waals surface area contributed by atoms with Crippen molar-refractivity contribution in [2.24, 2.45) is 0 Å². The lowest BCUT2D eigenvalue weighted by atomic mass is 9.95. The lowest BCUT2D eigenvalue weighted by Crippen LogP contribution is -2.63. The first-order chi connectivity index (χ1) is 17.5. The zero-order valence-electron chi connectivity index (χ0n) is 20.5. The van der Waals surface area contributed by atoms with Crippen molar-refractivity contribution in [3.05, 3.63) is 32.6 Å². The molecule has 0 aromatic carbocycles. The van der Waals surface area contributed by atoms with Crippen LogP contribution in [0.2, 0.25) is 0 Å². The van der Waals surface area contributed by atoms with E-state index in [1.807, 2.05) is 0 Å². The van der Waals surface area contributed by atoms with Crippen LogP contribution in [0.1, 0.15) is 18.2 Å². The Labute approximate surface area is 215 Å². The molecular weight excluding hydrogens is 560 g/mol. The van der Waals surface area contributed by atoms with E-state index in [2.05, 4.69) is 13.8 Å². The zero-order chi connectivity index (χ0) is 28.6. The van der Waals surface area contributed by atoms with E-state index < -0.39 is 89.2 Å². The third-order valence-corrected chi connectivity index (χ3v) is 8.55. The molecule has 1 aromatic rings. The number of phosphoric acid groups is 2. The highest BCUT2D eigenvalue weighted by Gasteiger charge is 2.50. The first-order valence-electron chi connectivity index (χ1n) is 11.2. The third kappa shape index (κ3) is 7.24. The van der Waals surface area contributed by atoms with Crippen molar-refractivity contribution in [3.63, 3.8) is 0 Å². The Hall–Kier alpha value is -1.34. The molecule has 0 bridgehead atoms. The fraction of sp³-hybridized carbons (Fsp3) is 0.778. The number of aromatic nitrogens is 2. The van der Waals surface area contributed by atoms with Gasteiger partial charge in [0.25, 0.3) is 5.56 Å². The average molecular weight is 591 g/mol. The fourth-order valence-electron chi connectivity index (χ4n) is 4.07. The number of hydrogen-bond donors (Lipinski definition) is 7. The van der Waals surface area contributed by atoms with Gasteiger partial charge in [0.2, 0.25) is 0 Å². The lowest BCUT2D eigenvalue weighted by molar-refractivity contribution is -0.266. The maximum Gasteiger partial charge on any atom is 0.483 e. The minimum Gasteiger partial charge on any atom is -0.394 e. The molecule has 0 radical (unpaired) electrons. The number of nitrogens with one attached hydrogen (secondary N) is 1. The second kappa shape index (κ2) is 12.0. The van der Waals surface area contributed by atoms with Crippen molar-refractivity contribution in [1.29, 1.82) is 0 Å². The van der Waals surface area contributed by atoms with Crippen LogP contribution in [0.4, 0.5) is 0 Å². The van der Waals surface area contributed by atoms with Crippen molar-refractivity contribution < 1.29 is 62.2 Å². The van der Waals surface area contributed by atoms with E-state index in [-0.39, 0.29) is 12.0 Å². The topological polar surface area (TPSA) is 260 Å². The van der Waals surface area contributed by atoms with Gasteiger partial charge in [-0.3, -0.25) is 23.4 Å². The maximum atomic E-state index is 12.4. The number of phosphoric ester groups is 2. The van der Waals surface area contributed by atoms with Gasteiger partial charge in [-0.2, -0.15) is 4.31 Å². The second-order valence-electron chi connectivity index (χ2n) is 8.99. The Kier molecular flexibility index (Phi) is 9.88. The molecule has 0 saturated carbocycles. The van der Waals surface area contributed by atoms with Crippen LogP contribution >= 0.6 is 15.6 Å². The van der Waals surface area contributed by atoms with E-state index in [1.54, 1.807) is 0 Å². The molecule has 218 valence electrons. The summed E-state index contributed by atoms with van der Waals surface area (Å²) in [6.07, 6.45) is -9.02. The van der Waals surface area contributed by atoms with Gasteiger partial charge in [0.1, 0.15) is 30.6 Å². The molecule has 3 heterocycles. The number of likely N-dealkylation sites (N-methyl/N-ethyl adjacent to an activating group) is 1. The van der Waals surface area contributed by atoms with Gasteiger partial charge in [-0.1, -0.05) is 0 Å². The Morgan fingerprint density at radius 2 is 1.76 bits per heavy atom. The summed E-state index contributed by atoms with van der Waals surface area (Å²) in [5.74, 6) is 0. The number of ether oxygens (including phenoxy) is 2. The van der Waals surface area contributed by atoms with Gasteiger partial charge in [0, 0.05) is 18.2 Å². The molecule has 2 aliphatic rings. The summed E-state index contributed by atoms with van der Waals surface area (Å²) >= 11 is 0. The van der Waals surface area contributed by atoms with Crippen molar-refractivity contribution in [2.75, 3.05) is 27.3 Å². The SMILES string of the molecule is Cc1cn([C@H]2C[C@@H](O)[C@@H](COP(=O)(O)OP(=O)(O)O[C@H]3OC(CO)[C@@H](O)[C@H](N(C)C)C3O)O2)c(=O)[nH]c1=O. The molecule has 38 heavy (non-hydrogen) atoms. The van der Waals surface area contributed by atoms with Crippen LogP contribution in [-0.2, 0) is 32.0 Å². The van der Waals surface area contributed by atoms with E-state index in [9.17, 15) is 48.9 Å². The van der Waals surface area contributed by atoms with E-state index in [0.717, 1.165) is 4.57 Å². The van der Waals surface area contributed by atoms with E-state index in [0.29, 0.717) is 0 Å². The van der Waals surface area contributed by atoms with Gasteiger partial charge in [0.05, 0.1) is 25.4 Å². The van der Waals surface area contributed by atoms with E-state index >= 15 is 0 Å². The molecule has 2 fully saturated rings. The van der Waals surface area contributed by atoms with Crippen LogP contribution in [0.3, 0.4) is 0 Å². The second-order valence-corrected chi connectivity index (χ2v) is 12.0. The number of aliphatic hydroxyl groups is 4. The van der Waals surface area contributed by atoms with Crippen molar-refractivity contribution in [1.82, 2.24) is 14.5 Å². The van der Waals surface area contributed by atoms with Crippen molar-refractivity contribution >= 4 is 15.6 Å². The number of hydrogen-bond acceptors (Lipinski definition) is 14. The molecule has 0 spiro atoms. The highest BCUT2D eigenvalue weighted by atomic mass is 31.3. The molecule has 10 atom stereocenters. The van der Waals surface area contributed by atoms with E-state index in [1.165, 1.54) is 32.1 Å². The van der Waals surface area contributed by atoms with Gasteiger partial charge < -0.3 is 44.6 Å². The summed E-state index contributed by atoms with van der Waals surface area (Å²) in [6, 6.07) is -1.12. The molecule has 4 unspecified atom stereocenters. The molecule has 20 heteroatoms. The molecule has 18 nitrogen and oxygen atoms in total. The molecule has 7 N–H and O–H groups in total. The molecule has 3 rings (SSSR count). The van der Waals surface area contributed by atoms with Crippen LogP contribution in [0.5, 0.6) is 0 Å². The first-order valence-corrected chi connectivity index (χ1v) is 14.2. The average Bonchev–Trinajstić information content (AvgIpc) is 3.16. The molecule has 2 saturated heterocycles. The zero-order valence-corrected chi connectivity index (χ0v) is 22.3. The summed E-state index contributed by atoms with van der Waals surface area (Å²) in [5.41, 5.74) is -1.23. The van der Waals surface area contributed by atoms with Crippen LogP contribution in [0.15, 0.2) is 15.8 Å². The molecule has 0 aliphatic carbocycles. The van der Waals surface area contributed by atoms with Gasteiger partial charge in [-0.15, -0.1) is 0 Å². The third-order valence-electron chi connectivity index (χ3n) is 5.95. The summed E-state index contributed by atoms with van der Waals surface area (Å²) in [4.78, 5) is 47.0. The normalized spacial score (nSPS) is 35.2. The van der Waals surface area contributed by atoms with Crippen LogP contribution in [0, 0.1) is 6.92 Å². The predicted molar refractivity (Wildman–Crippen MR) is 124 cm³/mol. The van der Waals surface area contributed by atoms with Gasteiger partial charge in [-0.25, -0.2) is 13.9 Å². The van der Waals surface area contributed by atoms with Crippen LogP contribution in [-0.4, -0.2) is 115 Å². The predicted octanol–water partition coefficient (Wildman–Crippen LogP) is -2.89. The van der Waals surface area contributed by atoms with Crippen LogP contribution in [0.25, 0.3) is 0 Å². The van der Waals surface area contributed by atoms with Gasteiger partial charge in [0.15, 0.2) is 6.29 Å². The number of aromatic amines is 1. The summed E-state index contributed by atoms with van der Waals surface area (Å²) in [6.45, 7) is -0.127. The van der Waals surface area contributed by atoms with E-state index in [4.69, 9.17) is 14.0 Å². The molecule has 1 aromatic heterocycles. The Bertz CT molecular complexity index is 1190. The highest BCUT2D eigenvalue weighted by Crippen LogP contribution is 2.61. The summed E-state index contributed by atoms with van der Waals surface area (Å²) < 4.78 is 49.9. The smallest absolute Gasteiger partial charge is 0.394 e. The van der Waals surface area contributed by atoms with Crippen molar-refractivity contribution in [3.8, 4) is 0 Å². The fourth-order valence-corrected chi connectivity index (χ4v) is 6.23. The summed E-state index contributed by atoms with van der Waals surface area (Å²) in [5, 5.41) is 40.3.